The third kappa shape index (κ3) is 3.54. The Bertz CT molecular complexity index is 179. The first-order valence-corrected chi connectivity index (χ1v) is 6.87. The second-order valence-corrected chi connectivity index (χ2v) is 6.31. The van der Waals surface area contributed by atoms with Gasteiger partial charge in [0.05, 0.1) is 0 Å². The Labute approximate surface area is 97.4 Å². The molecule has 14 heavy (non-hydrogen) atoms. The fourth-order valence-electron chi connectivity index (χ4n) is 2.28. The van der Waals surface area contributed by atoms with Crippen LogP contribution in [0.15, 0.2) is 0 Å². The molecule has 0 aliphatic carbocycles. The summed E-state index contributed by atoms with van der Waals surface area (Å²) in [6.45, 7) is 12.0. The van der Waals surface area contributed by atoms with E-state index in [-0.39, 0.29) is 0 Å². The van der Waals surface area contributed by atoms with Crippen LogP contribution in [0.3, 0.4) is 0 Å². The summed E-state index contributed by atoms with van der Waals surface area (Å²) in [5, 5.41) is 1.10. The van der Waals surface area contributed by atoms with Crippen LogP contribution in [0.4, 0.5) is 0 Å². The first-order valence-electron chi connectivity index (χ1n) is 5.74. The number of nitrogens with zero attached hydrogens (tertiary/aromatic N) is 1. The quantitative estimate of drug-likeness (QED) is 0.703. The highest BCUT2D eigenvalue weighted by atomic mass is 79.9. The van der Waals surface area contributed by atoms with Crippen molar-refractivity contribution >= 4 is 15.9 Å². The Morgan fingerprint density at radius 3 is 2.50 bits per heavy atom. The van der Waals surface area contributed by atoms with Gasteiger partial charge in [-0.25, -0.2) is 0 Å². The summed E-state index contributed by atoms with van der Waals surface area (Å²) in [6.07, 6.45) is 2.75. The number of rotatable bonds is 3. The van der Waals surface area contributed by atoms with Crippen molar-refractivity contribution in [3.63, 3.8) is 0 Å². The predicted octanol–water partition coefficient (Wildman–Crippen LogP) is 3.53. The Morgan fingerprint density at radius 1 is 1.36 bits per heavy atom. The zero-order chi connectivity index (χ0) is 10.8. The summed E-state index contributed by atoms with van der Waals surface area (Å²) in [5.41, 5.74) is 0.412. The van der Waals surface area contributed by atoms with Gasteiger partial charge in [0.1, 0.15) is 0 Å². The molecule has 1 heterocycles. The Balaban J connectivity index is 2.45. The van der Waals surface area contributed by atoms with E-state index >= 15 is 0 Å². The van der Waals surface area contributed by atoms with Gasteiger partial charge < -0.3 is 4.90 Å². The topological polar surface area (TPSA) is 3.24 Å². The smallest absolute Gasteiger partial charge is 0.00949 e. The van der Waals surface area contributed by atoms with Crippen LogP contribution in [0.1, 0.15) is 40.5 Å². The number of alkyl halides is 1. The monoisotopic (exact) mass is 261 g/mol. The second kappa shape index (κ2) is 4.98. The average Bonchev–Trinajstić information content (AvgIpc) is 2.10. The minimum absolute atomic E-state index is 0.412. The molecule has 0 spiro atoms. The van der Waals surface area contributed by atoms with Crippen molar-refractivity contribution in [1.29, 1.82) is 0 Å². The molecule has 1 nitrogen and oxygen atoms in total. The fourth-order valence-corrected chi connectivity index (χ4v) is 2.46. The van der Waals surface area contributed by atoms with Gasteiger partial charge in [0.25, 0.3) is 0 Å². The van der Waals surface area contributed by atoms with Crippen LogP contribution in [0.5, 0.6) is 0 Å². The molecule has 1 fully saturated rings. The lowest BCUT2D eigenvalue weighted by atomic mass is 9.89. The molecule has 0 amide bonds. The lowest BCUT2D eigenvalue weighted by Crippen LogP contribution is -2.45. The molecule has 2 heteroatoms. The standard InChI is InChI=1S/C12H24BrN/c1-10-5-6-14(11(2)7-10)9-12(3,4)8-13/h10-11H,5-9H2,1-4H3. The van der Waals surface area contributed by atoms with Crippen molar-refractivity contribution in [2.45, 2.75) is 46.6 Å². The first kappa shape index (κ1) is 12.5. The number of piperidine rings is 1. The summed E-state index contributed by atoms with van der Waals surface area (Å²) < 4.78 is 0. The van der Waals surface area contributed by atoms with Crippen molar-refractivity contribution in [2.24, 2.45) is 11.3 Å². The molecule has 2 atom stereocenters. The summed E-state index contributed by atoms with van der Waals surface area (Å²) in [5.74, 6) is 0.924. The van der Waals surface area contributed by atoms with Gasteiger partial charge in [-0.15, -0.1) is 0 Å². The van der Waals surface area contributed by atoms with E-state index in [0.717, 1.165) is 17.3 Å². The molecule has 0 saturated carbocycles. The molecule has 0 radical (unpaired) electrons. The van der Waals surface area contributed by atoms with Crippen LogP contribution in [0.2, 0.25) is 0 Å². The lowest BCUT2D eigenvalue weighted by molar-refractivity contribution is 0.0927. The molecular formula is C12H24BrN. The Morgan fingerprint density at radius 2 is 2.00 bits per heavy atom. The van der Waals surface area contributed by atoms with Crippen molar-refractivity contribution in [2.75, 3.05) is 18.4 Å². The van der Waals surface area contributed by atoms with E-state index in [4.69, 9.17) is 0 Å². The van der Waals surface area contributed by atoms with Crippen molar-refractivity contribution in [1.82, 2.24) is 4.90 Å². The van der Waals surface area contributed by atoms with Gasteiger partial charge in [-0.3, -0.25) is 0 Å². The lowest BCUT2D eigenvalue weighted by Gasteiger charge is -2.40. The number of halogens is 1. The van der Waals surface area contributed by atoms with Gasteiger partial charge in [0.15, 0.2) is 0 Å². The van der Waals surface area contributed by atoms with E-state index in [9.17, 15) is 0 Å². The molecule has 0 bridgehead atoms. The minimum atomic E-state index is 0.412. The maximum Gasteiger partial charge on any atom is 0.00949 e. The van der Waals surface area contributed by atoms with Gasteiger partial charge in [-0.1, -0.05) is 36.7 Å². The Hall–Kier alpha value is 0.440. The highest BCUT2D eigenvalue weighted by Crippen LogP contribution is 2.27. The van der Waals surface area contributed by atoms with Crippen LogP contribution in [0.25, 0.3) is 0 Å². The van der Waals surface area contributed by atoms with Gasteiger partial charge in [-0.2, -0.15) is 0 Å². The molecule has 1 aliphatic heterocycles. The van der Waals surface area contributed by atoms with Crippen LogP contribution in [-0.2, 0) is 0 Å². The SMILES string of the molecule is CC1CCN(CC(C)(C)CBr)C(C)C1. The van der Waals surface area contributed by atoms with Crippen LogP contribution < -0.4 is 0 Å². The molecule has 84 valence electrons. The van der Waals surface area contributed by atoms with Crippen molar-refractivity contribution in [3.05, 3.63) is 0 Å². The van der Waals surface area contributed by atoms with Crippen molar-refractivity contribution in [3.8, 4) is 0 Å². The van der Waals surface area contributed by atoms with Crippen LogP contribution in [0, 0.1) is 11.3 Å². The number of hydrogen-bond donors (Lipinski definition) is 0. The van der Waals surface area contributed by atoms with Crippen LogP contribution >= 0.6 is 15.9 Å². The zero-order valence-electron chi connectivity index (χ0n) is 10.0. The highest BCUT2D eigenvalue weighted by Gasteiger charge is 2.27. The number of hydrogen-bond acceptors (Lipinski definition) is 1. The molecule has 1 rings (SSSR count). The molecule has 0 N–H and O–H groups in total. The van der Waals surface area contributed by atoms with E-state index in [1.165, 1.54) is 25.9 Å². The fraction of sp³-hybridized carbons (Fsp3) is 1.00. The maximum atomic E-state index is 3.60. The maximum absolute atomic E-state index is 3.60. The highest BCUT2D eigenvalue weighted by molar-refractivity contribution is 9.09. The van der Waals surface area contributed by atoms with E-state index in [1.54, 1.807) is 0 Å². The van der Waals surface area contributed by atoms with Crippen molar-refractivity contribution < 1.29 is 0 Å². The Kier molecular flexibility index (Phi) is 4.45. The molecule has 0 aromatic rings. The third-order valence-electron chi connectivity index (χ3n) is 3.27. The second-order valence-electron chi connectivity index (χ2n) is 5.75. The molecule has 2 unspecified atom stereocenters. The van der Waals surface area contributed by atoms with Gasteiger partial charge in [0, 0.05) is 17.9 Å². The molecule has 1 aliphatic rings. The normalized spacial score (nSPS) is 30.6. The zero-order valence-corrected chi connectivity index (χ0v) is 11.6. The summed E-state index contributed by atoms with van der Waals surface area (Å²) >= 11 is 3.60. The molecule has 0 aromatic carbocycles. The van der Waals surface area contributed by atoms with Gasteiger partial charge in [0.2, 0.25) is 0 Å². The van der Waals surface area contributed by atoms with E-state index in [1.807, 2.05) is 0 Å². The summed E-state index contributed by atoms with van der Waals surface area (Å²) in [6, 6.07) is 0.775. The van der Waals surface area contributed by atoms with E-state index in [0.29, 0.717) is 5.41 Å². The largest absolute Gasteiger partial charge is 0.300 e. The first-order chi connectivity index (χ1) is 6.44. The van der Waals surface area contributed by atoms with Crippen LogP contribution in [-0.4, -0.2) is 29.4 Å². The molecule has 1 saturated heterocycles. The average molecular weight is 262 g/mol. The molecule has 0 aromatic heterocycles. The third-order valence-corrected chi connectivity index (χ3v) is 4.79. The predicted molar refractivity (Wildman–Crippen MR) is 67.0 cm³/mol. The van der Waals surface area contributed by atoms with E-state index in [2.05, 4.69) is 48.5 Å². The summed E-state index contributed by atoms with van der Waals surface area (Å²) in [7, 11) is 0. The van der Waals surface area contributed by atoms with Gasteiger partial charge >= 0.3 is 0 Å². The summed E-state index contributed by atoms with van der Waals surface area (Å²) in [4.78, 5) is 2.65. The van der Waals surface area contributed by atoms with Gasteiger partial charge in [-0.05, 0) is 37.6 Å². The number of likely N-dealkylation sites (tertiary alicyclic amines) is 1. The van der Waals surface area contributed by atoms with E-state index < -0.39 is 0 Å². The minimum Gasteiger partial charge on any atom is -0.300 e. The molecular weight excluding hydrogens is 238 g/mol.